The van der Waals surface area contributed by atoms with Crippen molar-refractivity contribution in [3.05, 3.63) is 29.3 Å². The van der Waals surface area contributed by atoms with Crippen LogP contribution in [0.3, 0.4) is 0 Å². The maximum absolute atomic E-state index is 3.56. The second-order valence-corrected chi connectivity index (χ2v) is 5.39. The third kappa shape index (κ3) is 3.72. The van der Waals surface area contributed by atoms with Crippen molar-refractivity contribution in [1.82, 2.24) is 10.2 Å². The van der Waals surface area contributed by atoms with E-state index < -0.39 is 0 Å². The van der Waals surface area contributed by atoms with Gasteiger partial charge in [-0.3, -0.25) is 4.90 Å². The van der Waals surface area contributed by atoms with Gasteiger partial charge < -0.3 is 10.6 Å². The van der Waals surface area contributed by atoms with E-state index in [1.54, 1.807) is 0 Å². The summed E-state index contributed by atoms with van der Waals surface area (Å²) in [7, 11) is 0. The highest BCUT2D eigenvalue weighted by molar-refractivity contribution is 5.48. The standard InChI is InChI=1S/C15H25N3/c1-12-8-13(2)10-15(9-12)17-11-14(3)18-6-4-16-5-7-18/h8-10,14,16-17H,4-7,11H2,1-3H3. The Balaban J connectivity index is 1.86. The third-order valence-electron chi connectivity index (χ3n) is 3.60. The zero-order valence-corrected chi connectivity index (χ0v) is 11.8. The summed E-state index contributed by atoms with van der Waals surface area (Å²) >= 11 is 0. The fourth-order valence-corrected chi connectivity index (χ4v) is 2.59. The van der Waals surface area contributed by atoms with Crippen LogP contribution in [-0.4, -0.2) is 43.7 Å². The van der Waals surface area contributed by atoms with E-state index in [9.17, 15) is 0 Å². The lowest BCUT2D eigenvalue weighted by atomic mass is 10.1. The molecular weight excluding hydrogens is 222 g/mol. The maximum Gasteiger partial charge on any atom is 0.0346 e. The van der Waals surface area contributed by atoms with E-state index in [1.165, 1.54) is 16.8 Å². The van der Waals surface area contributed by atoms with Crippen molar-refractivity contribution in [1.29, 1.82) is 0 Å². The molecule has 1 aromatic carbocycles. The van der Waals surface area contributed by atoms with Crippen LogP contribution < -0.4 is 10.6 Å². The largest absolute Gasteiger partial charge is 0.383 e. The minimum Gasteiger partial charge on any atom is -0.383 e. The summed E-state index contributed by atoms with van der Waals surface area (Å²) in [6.07, 6.45) is 0. The summed E-state index contributed by atoms with van der Waals surface area (Å²) in [5.74, 6) is 0. The molecule has 1 aliphatic rings. The highest BCUT2D eigenvalue weighted by Gasteiger charge is 2.15. The summed E-state index contributed by atoms with van der Waals surface area (Å²) in [6.45, 7) is 12.2. The van der Waals surface area contributed by atoms with Gasteiger partial charge in [-0.1, -0.05) is 6.07 Å². The average molecular weight is 247 g/mol. The van der Waals surface area contributed by atoms with Gasteiger partial charge in [0.1, 0.15) is 0 Å². The minimum atomic E-state index is 0.591. The predicted molar refractivity (Wildman–Crippen MR) is 78.3 cm³/mol. The van der Waals surface area contributed by atoms with Crippen molar-refractivity contribution in [2.45, 2.75) is 26.8 Å². The molecule has 0 aromatic heterocycles. The zero-order valence-electron chi connectivity index (χ0n) is 11.8. The zero-order chi connectivity index (χ0) is 13.0. The summed E-state index contributed by atoms with van der Waals surface area (Å²) in [4.78, 5) is 2.55. The highest BCUT2D eigenvalue weighted by atomic mass is 15.2. The van der Waals surface area contributed by atoms with Gasteiger partial charge in [-0.25, -0.2) is 0 Å². The summed E-state index contributed by atoms with van der Waals surface area (Å²) in [5, 5.41) is 6.96. The molecule has 0 saturated carbocycles. The molecule has 3 nitrogen and oxygen atoms in total. The number of hydrogen-bond acceptors (Lipinski definition) is 3. The van der Waals surface area contributed by atoms with Crippen LogP contribution in [0.2, 0.25) is 0 Å². The molecule has 0 aliphatic carbocycles. The molecule has 1 fully saturated rings. The molecular formula is C15H25N3. The number of hydrogen-bond donors (Lipinski definition) is 2. The maximum atomic E-state index is 3.56. The highest BCUT2D eigenvalue weighted by Crippen LogP contribution is 2.14. The minimum absolute atomic E-state index is 0.591. The Morgan fingerprint density at radius 1 is 1.17 bits per heavy atom. The van der Waals surface area contributed by atoms with Crippen LogP contribution in [-0.2, 0) is 0 Å². The van der Waals surface area contributed by atoms with E-state index in [0.717, 1.165) is 32.7 Å². The van der Waals surface area contributed by atoms with Gasteiger partial charge in [0.2, 0.25) is 0 Å². The quantitative estimate of drug-likeness (QED) is 0.852. The van der Waals surface area contributed by atoms with Crippen LogP contribution in [0.1, 0.15) is 18.1 Å². The molecule has 1 aliphatic heterocycles. The van der Waals surface area contributed by atoms with E-state index >= 15 is 0 Å². The first-order chi connectivity index (χ1) is 8.65. The van der Waals surface area contributed by atoms with Crippen LogP contribution in [0.4, 0.5) is 5.69 Å². The van der Waals surface area contributed by atoms with Crippen LogP contribution >= 0.6 is 0 Å². The van der Waals surface area contributed by atoms with Crippen LogP contribution in [0, 0.1) is 13.8 Å². The van der Waals surface area contributed by atoms with Crippen molar-refractivity contribution < 1.29 is 0 Å². The summed E-state index contributed by atoms with van der Waals surface area (Å²) < 4.78 is 0. The van der Waals surface area contributed by atoms with Gasteiger partial charge in [0.05, 0.1) is 0 Å². The Hall–Kier alpha value is -1.06. The van der Waals surface area contributed by atoms with Crippen LogP contribution in [0.15, 0.2) is 18.2 Å². The Morgan fingerprint density at radius 3 is 2.39 bits per heavy atom. The van der Waals surface area contributed by atoms with Gasteiger partial charge in [-0.05, 0) is 44.0 Å². The Kier molecular flexibility index (Phi) is 4.61. The molecule has 1 saturated heterocycles. The second-order valence-electron chi connectivity index (χ2n) is 5.39. The molecule has 0 amide bonds. The van der Waals surface area contributed by atoms with Crippen molar-refractivity contribution in [2.75, 3.05) is 38.0 Å². The molecule has 3 heteroatoms. The predicted octanol–water partition coefficient (Wildman–Crippen LogP) is 2.01. The lowest BCUT2D eigenvalue weighted by Crippen LogP contribution is -2.49. The molecule has 0 radical (unpaired) electrons. The van der Waals surface area contributed by atoms with Gasteiger partial charge in [-0.15, -0.1) is 0 Å². The van der Waals surface area contributed by atoms with Crippen LogP contribution in [0.25, 0.3) is 0 Å². The molecule has 0 spiro atoms. The van der Waals surface area contributed by atoms with Crippen molar-refractivity contribution in [2.24, 2.45) is 0 Å². The van der Waals surface area contributed by atoms with Crippen LogP contribution in [0.5, 0.6) is 0 Å². The average Bonchev–Trinajstić information content (AvgIpc) is 2.36. The smallest absolute Gasteiger partial charge is 0.0346 e. The molecule has 1 atom stereocenters. The molecule has 18 heavy (non-hydrogen) atoms. The monoisotopic (exact) mass is 247 g/mol. The van der Waals surface area contributed by atoms with E-state index in [-0.39, 0.29) is 0 Å². The molecule has 2 N–H and O–H groups in total. The van der Waals surface area contributed by atoms with Gasteiger partial charge in [-0.2, -0.15) is 0 Å². The Labute approximate surface area is 111 Å². The Morgan fingerprint density at radius 2 is 1.78 bits per heavy atom. The SMILES string of the molecule is Cc1cc(C)cc(NCC(C)N2CCNCC2)c1. The summed E-state index contributed by atoms with van der Waals surface area (Å²) in [5.41, 5.74) is 3.90. The topological polar surface area (TPSA) is 27.3 Å². The third-order valence-corrected chi connectivity index (χ3v) is 3.60. The number of nitrogens with zero attached hydrogens (tertiary/aromatic N) is 1. The van der Waals surface area contributed by atoms with Gasteiger partial charge in [0.25, 0.3) is 0 Å². The van der Waals surface area contributed by atoms with Gasteiger partial charge >= 0.3 is 0 Å². The number of rotatable bonds is 4. The molecule has 2 rings (SSSR count). The van der Waals surface area contributed by atoms with Crippen molar-refractivity contribution >= 4 is 5.69 Å². The number of piperazine rings is 1. The number of benzene rings is 1. The van der Waals surface area contributed by atoms with Gasteiger partial charge in [0.15, 0.2) is 0 Å². The molecule has 1 aromatic rings. The number of anilines is 1. The fourth-order valence-electron chi connectivity index (χ4n) is 2.59. The molecule has 1 unspecified atom stereocenters. The fraction of sp³-hybridized carbons (Fsp3) is 0.600. The van der Waals surface area contributed by atoms with Gasteiger partial charge in [0, 0.05) is 44.5 Å². The molecule has 0 bridgehead atoms. The normalized spacial score (nSPS) is 18.6. The number of nitrogens with one attached hydrogen (secondary N) is 2. The molecule has 1 heterocycles. The van der Waals surface area contributed by atoms with E-state index in [4.69, 9.17) is 0 Å². The molecule has 100 valence electrons. The first-order valence-corrected chi connectivity index (χ1v) is 6.92. The van der Waals surface area contributed by atoms with E-state index in [0.29, 0.717) is 6.04 Å². The summed E-state index contributed by atoms with van der Waals surface area (Å²) in [6, 6.07) is 7.24. The lowest BCUT2D eigenvalue weighted by Gasteiger charge is -2.33. The second kappa shape index (κ2) is 6.21. The first kappa shape index (κ1) is 13.4. The van der Waals surface area contributed by atoms with Crippen molar-refractivity contribution in [3.8, 4) is 0 Å². The first-order valence-electron chi connectivity index (χ1n) is 6.92. The van der Waals surface area contributed by atoms with E-state index in [2.05, 4.69) is 54.5 Å². The Bertz CT molecular complexity index is 363. The number of aryl methyl sites for hydroxylation is 2. The van der Waals surface area contributed by atoms with Crippen molar-refractivity contribution in [3.63, 3.8) is 0 Å². The lowest BCUT2D eigenvalue weighted by molar-refractivity contribution is 0.191. The van der Waals surface area contributed by atoms with E-state index in [1.807, 2.05) is 0 Å².